The van der Waals surface area contributed by atoms with Crippen LogP contribution in [-0.2, 0) is 17.9 Å². The van der Waals surface area contributed by atoms with E-state index in [0.717, 1.165) is 11.1 Å². The Morgan fingerprint density at radius 2 is 1.88 bits per heavy atom. The SMILES string of the molecule is NC(CNCc1ccc(CO)cc1)C(=O)O. The molecule has 88 valence electrons. The third-order valence-electron chi connectivity index (χ3n) is 2.22. The van der Waals surface area contributed by atoms with Crippen molar-refractivity contribution in [1.82, 2.24) is 5.32 Å². The predicted molar refractivity (Wildman–Crippen MR) is 59.7 cm³/mol. The molecule has 5 N–H and O–H groups in total. The Labute approximate surface area is 93.9 Å². The van der Waals surface area contributed by atoms with Crippen molar-refractivity contribution in [2.24, 2.45) is 5.73 Å². The van der Waals surface area contributed by atoms with E-state index in [4.69, 9.17) is 15.9 Å². The Morgan fingerprint density at radius 3 is 2.38 bits per heavy atom. The van der Waals surface area contributed by atoms with E-state index in [1.165, 1.54) is 0 Å². The first-order chi connectivity index (χ1) is 7.63. The van der Waals surface area contributed by atoms with E-state index in [-0.39, 0.29) is 13.2 Å². The first kappa shape index (κ1) is 12.6. The molecule has 0 aliphatic carbocycles. The van der Waals surface area contributed by atoms with Crippen LogP contribution in [0.25, 0.3) is 0 Å². The average Bonchev–Trinajstić information content (AvgIpc) is 2.29. The Bertz CT molecular complexity index is 338. The lowest BCUT2D eigenvalue weighted by atomic mass is 10.1. The lowest BCUT2D eigenvalue weighted by Crippen LogP contribution is -2.40. The second-order valence-electron chi connectivity index (χ2n) is 3.55. The highest BCUT2D eigenvalue weighted by atomic mass is 16.4. The van der Waals surface area contributed by atoms with Crippen LogP contribution >= 0.6 is 0 Å². The summed E-state index contributed by atoms with van der Waals surface area (Å²) in [4.78, 5) is 10.4. The van der Waals surface area contributed by atoms with Gasteiger partial charge in [-0.15, -0.1) is 0 Å². The summed E-state index contributed by atoms with van der Waals surface area (Å²) in [6.45, 7) is 0.821. The number of aliphatic hydroxyl groups is 1. The molecule has 0 saturated carbocycles. The number of rotatable bonds is 6. The molecule has 0 radical (unpaired) electrons. The van der Waals surface area contributed by atoms with Gasteiger partial charge in [0.05, 0.1) is 6.61 Å². The van der Waals surface area contributed by atoms with Gasteiger partial charge in [-0.25, -0.2) is 0 Å². The van der Waals surface area contributed by atoms with Crippen LogP contribution in [0.4, 0.5) is 0 Å². The molecule has 1 aromatic carbocycles. The van der Waals surface area contributed by atoms with E-state index in [2.05, 4.69) is 5.32 Å². The van der Waals surface area contributed by atoms with E-state index in [1.54, 1.807) is 0 Å². The fourth-order valence-corrected chi connectivity index (χ4v) is 1.22. The van der Waals surface area contributed by atoms with Crippen LogP contribution in [0, 0.1) is 0 Å². The lowest BCUT2D eigenvalue weighted by Gasteiger charge is -2.08. The standard InChI is InChI=1S/C11H16N2O3/c12-10(11(15)16)6-13-5-8-1-3-9(7-14)4-2-8/h1-4,10,13-14H,5-7,12H2,(H,15,16). The number of carboxylic acid groups (broad SMARTS) is 1. The number of benzene rings is 1. The summed E-state index contributed by atoms with van der Waals surface area (Å²) in [6.07, 6.45) is 0. The van der Waals surface area contributed by atoms with Crippen molar-refractivity contribution in [3.05, 3.63) is 35.4 Å². The minimum Gasteiger partial charge on any atom is -0.480 e. The van der Waals surface area contributed by atoms with E-state index in [9.17, 15) is 4.79 Å². The number of carboxylic acids is 1. The quantitative estimate of drug-likeness (QED) is 0.531. The Kier molecular flexibility index (Phi) is 4.91. The summed E-state index contributed by atoms with van der Waals surface area (Å²) in [7, 11) is 0. The molecule has 0 spiro atoms. The fraction of sp³-hybridized carbons (Fsp3) is 0.364. The second kappa shape index (κ2) is 6.22. The number of nitrogens with one attached hydrogen (secondary N) is 1. The summed E-state index contributed by atoms with van der Waals surface area (Å²) in [5.41, 5.74) is 7.21. The predicted octanol–water partition coefficient (Wildman–Crippen LogP) is -0.320. The van der Waals surface area contributed by atoms with Crippen LogP contribution in [0.2, 0.25) is 0 Å². The molecule has 16 heavy (non-hydrogen) atoms. The molecular weight excluding hydrogens is 208 g/mol. The maximum absolute atomic E-state index is 10.4. The monoisotopic (exact) mass is 224 g/mol. The van der Waals surface area contributed by atoms with Crippen LogP contribution in [0.15, 0.2) is 24.3 Å². The van der Waals surface area contributed by atoms with Gasteiger partial charge in [-0.05, 0) is 11.1 Å². The van der Waals surface area contributed by atoms with Gasteiger partial charge in [-0.3, -0.25) is 4.79 Å². The Morgan fingerprint density at radius 1 is 1.31 bits per heavy atom. The van der Waals surface area contributed by atoms with E-state index < -0.39 is 12.0 Å². The first-order valence-corrected chi connectivity index (χ1v) is 5.01. The molecule has 5 heteroatoms. The van der Waals surface area contributed by atoms with Crippen molar-refractivity contribution in [1.29, 1.82) is 0 Å². The van der Waals surface area contributed by atoms with Gasteiger partial charge in [0.2, 0.25) is 0 Å². The van der Waals surface area contributed by atoms with Gasteiger partial charge in [-0.1, -0.05) is 24.3 Å². The lowest BCUT2D eigenvalue weighted by molar-refractivity contribution is -0.138. The van der Waals surface area contributed by atoms with Crippen molar-refractivity contribution in [2.45, 2.75) is 19.2 Å². The van der Waals surface area contributed by atoms with Crippen LogP contribution in [-0.4, -0.2) is 28.8 Å². The average molecular weight is 224 g/mol. The van der Waals surface area contributed by atoms with Crippen molar-refractivity contribution < 1.29 is 15.0 Å². The van der Waals surface area contributed by atoms with Crippen LogP contribution in [0.3, 0.4) is 0 Å². The van der Waals surface area contributed by atoms with Crippen molar-refractivity contribution in [3.8, 4) is 0 Å². The molecule has 1 atom stereocenters. The first-order valence-electron chi connectivity index (χ1n) is 5.01. The molecule has 1 aromatic rings. The Balaban J connectivity index is 2.34. The van der Waals surface area contributed by atoms with Crippen molar-refractivity contribution in [3.63, 3.8) is 0 Å². The molecule has 0 bridgehead atoms. The molecule has 1 rings (SSSR count). The number of hydrogen-bond acceptors (Lipinski definition) is 4. The van der Waals surface area contributed by atoms with E-state index in [1.807, 2.05) is 24.3 Å². The third kappa shape index (κ3) is 3.98. The van der Waals surface area contributed by atoms with Gasteiger partial charge < -0.3 is 21.3 Å². The topological polar surface area (TPSA) is 95.6 Å². The maximum atomic E-state index is 10.4. The van der Waals surface area contributed by atoms with Crippen LogP contribution in [0.1, 0.15) is 11.1 Å². The summed E-state index contributed by atoms with van der Waals surface area (Å²) in [5, 5.41) is 20.3. The molecule has 0 aliphatic heterocycles. The molecule has 0 aromatic heterocycles. The van der Waals surface area contributed by atoms with Crippen LogP contribution in [0.5, 0.6) is 0 Å². The zero-order chi connectivity index (χ0) is 12.0. The minimum atomic E-state index is -1.01. The maximum Gasteiger partial charge on any atom is 0.321 e. The smallest absolute Gasteiger partial charge is 0.321 e. The summed E-state index contributed by atoms with van der Waals surface area (Å²) in [6, 6.07) is 6.54. The number of carbonyl (C=O) groups is 1. The molecule has 0 heterocycles. The summed E-state index contributed by atoms with van der Waals surface area (Å²) < 4.78 is 0. The normalized spacial score (nSPS) is 12.4. The molecule has 0 fully saturated rings. The van der Waals surface area contributed by atoms with Gasteiger partial charge in [0.1, 0.15) is 6.04 Å². The number of nitrogens with two attached hydrogens (primary N) is 1. The van der Waals surface area contributed by atoms with Gasteiger partial charge in [-0.2, -0.15) is 0 Å². The zero-order valence-electron chi connectivity index (χ0n) is 8.89. The number of aliphatic carboxylic acids is 1. The highest BCUT2D eigenvalue weighted by Gasteiger charge is 2.09. The highest BCUT2D eigenvalue weighted by Crippen LogP contribution is 2.03. The van der Waals surface area contributed by atoms with Gasteiger partial charge in [0, 0.05) is 13.1 Å². The molecule has 0 saturated heterocycles. The third-order valence-corrected chi connectivity index (χ3v) is 2.22. The molecule has 0 amide bonds. The van der Waals surface area contributed by atoms with Gasteiger partial charge >= 0.3 is 5.97 Å². The summed E-state index contributed by atoms with van der Waals surface area (Å²) >= 11 is 0. The summed E-state index contributed by atoms with van der Waals surface area (Å²) in [5.74, 6) is -1.01. The van der Waals surface area contributed by atoms with Crippen molar-refractivity contribution >= 4 is 5.97 Å². The second-order valence-corrected chi connectivity index (χ2v) is 3.55. The highest BCUT2D eigenvalue weighted by molar-refractivity contribution is 5.73. The zero-order valence-corrected chi connectivity index (χ0v) is 8.89. The molecular formula is C11H16N2O3. The molecule has 5 nitrogen and oxygen atoms in total. The van der Waals surface area contributed by atoms with Crippen molar-refractivity contribution in [2.75, 3.05) is 6.54 Å². The minimum absolute atomic E-state index is 0.0254. The van der Waals surface area contributed by atoms with E-state index in [0.29, 0.717) is 6.54 Å². The fourth-order valence-electron chi connectivity index (χ4n) is 1.22. The van der Waals surface area contributed by atoms with Gasteiger partial charge in [0.25, 0.3) is 0 Å². The van der Waals surface area contributed by atoms with E-state index >= 15 is 0 Å². The number of aliphatic hydroxyl groups excluding tert-OH is 1. The largest absolute Gasteiger partial charge is 0.480 e. The molecule has 0 aliphatic rings. The molecule has 1 unspecified atom stereocenters. The van der Waals surface area contributed by atoms with Crippen LogP contribution < -0.4 is 11.1 Å². The van der Waals surface area contributed by atoms with Gasteiger partial charge in [0.15, 0.2) is 0 Å². The number of hydrogen-bond donors (Lipinski definition) is 4. The Hall–Kier alpha value is -1.43.